The SMILES string of the molecule is CC(C)[C@H](N)C(=O)Nc1ccc2c(C(F)(F)F)cc(=O)oc2c1. The van der Waals surface area contributed by atoms with Gasteiger partial charge in [-0.2, -0.15) is 13.2 Å². The van der Waals surface area contributed by atoms with E-state index in [1.165, 1.54) is 6.07 Å². The van der Waals surface area contributed by atoms with E-state index in [0.717, 1.165) is 12.1 Å². The van der Waals surface area contributed by atoms with E-state index in [4.69, 9.17) is 10.2 Å². The van der Waals surface area contributed by atoms with Crippen molar-refractivity contribution in [1.29, 1.82) is 0 Å². The van der Waals surface area contributed by atoms with Crippen molar-refractivity contribution in [2.45, 2.75) is 26.1 Å². The predicted molar refractivity (Wildman–Crippen MR) is 78.9 cm³/mol. The Balaban J connectivity index is 2.44. The van der Waals surface area contributed by atoms with Gasteiger partial charge in [-0.25, -0.2) is 4.79 Å². The van der Waals surface area contributed by atoms with Gasteiger partial charge in [0.1, 0.15) is 5.58 Å². The molecule has 124 valence electrons. The van der Waals surface area contributed by atoms with Crippen LogP contribution in [0.1, 0.15) is 19.4 Å². The van der Waals surface area contributed by atoms with Crippen LogP contribution in [0.3, 0.4) is 0 Å². The molecule has 2 rings (SSSR count). The maximum atomic E-state index is 12.9. The smallest absolute Gasteiger partial charge is 0.417 e. The van der Waals surface area contributed by atoms with Gasteiger partial charge in [0.05, 0.1) is 11.6 Å². The van der Waals surface area contributed by atoms with Crippen LogP contribution < -0.4 is 16.7 Å². The molecule has 0 bridgehead atoms. The number of amides is 1. The molecule has 0 radical (unpaired) electrons. The molecule has 0 saturated heterocycles. The van der Waals surface area contributed by atoms with Crippen LogP contribution in [-0.2, 0) is 11.0 Å². The van der Waals surface area contributed by atoms with Gasteiger partial charge in [0.2, 0.25) is 5.91 Å². The lowest BCUT2D eigenvalue weighted by Gasteiger charge is -2.15. The Labute approximate surface area is 129 Å². The zero-order valence-electron chi connectivity index (χ0n) is 12.4. The number of alkyl halides is 3. The summed E-state index contributed by atoms with van der Waals surface area (Å²) in [6, 6.07) is 3.23. The lowest BCUT2D eigenvalue weighted by Crippen LogP contribution is -2.39. The van der Waals surface area contributed by atoms with Crippen LogP contribution in [0.5, 0.6) is 0 Å². The van der Waals surface area contributed by atoms with Crippen LogP contribution >= 0.6 is 0 Å². The monoisotopic (exact) mass is 328 g/mol. The molecule has 0 saturated carbocycles. The number of anilines is 1. The third-order valence-electron chi connectivity index (χ3n) is 3.34. The van der Waals surface area contributed by atoms with Crippen molar-refractivity contribution in [3.63, 3.8) is 0 Å². The van der Waals surface area contributed by atoms with E-state index in [2.05, 4.69) is 5.32 Å². The maximum absolute atomic E-state index is 12.9. The Morgan fingerprint density at radius 3 is 2.48 bits per heavy atom. The molecule has 1 heterocycles. The fourth-order valence-corrected chi connectivity index (χ4v) is 2.00. The van der Waals surface area contributed by atoms with Gasteiger partial charge >= 0.3 is 11.8 Å². The fraction of sp³-hybridized carbons (Fsp3) is 0.333. The largest absolute Gasteiger partial charge is 0.423 e. The van der Waals surface area contributed by atoms with E-state index in [0.29, 0.717) is 6.07 Å². The Kier molecular flexibility index (Phi) is 4.46. The molecule has 0 aliphatic rings. The van der Waals surface area contributed by atoms with Crippen LogP contribution in [-0.4, -0.2) is 11.9 Å². The Morgan fingerprint density at radius 1 is 1.26 bits per heavy atom. The number of fused-ring (bicyclic) bond motifs is 1. The Hall–Kier alpha value is -2.35. The van der Waals surface area contributed by atoms with E-state index in [1.54, 1.807) is 13.8 Å². The first-order valence-electron chi connectivity index (χ1n) is 6.81. The summed E-state index contributed by atoms with van der Waals surface area (Å²) in [5.41, 5.74) is 3.42. The van der Waals surface area contributed by atoms with Crippen LogP contribution in [0.15, 0.2) is 33.5 Å². The number of nitrogens with one attached hydrogen (secondary N) is 1. The molecule has 23 heavy (non-hydrogen) atoms. The van der Waals surface area contributed by atoms with Crippen molar-refractivity contribution in [1.82, 2.24) is 0 Å². The molecule has 1 amide bonds. The lowest BCUT2D eigenvalue weighted by molar-refractivity contribution is -0.136. The first-order valence-corrected chi connectivity index (χ1v) is 6.81. The highest BCUT2D eigenvalue weighted by Crippen LogP contribution is 2.34. The zero-order chi connectivity index (χ0) is 17.4. The third kappa shape index (κ3) is 3.70. The van der Waals surface area contributed by atoms with Gasteiger partial charge in [0, 0.05) is 23.2 Å². The summed E-state index contributed by atoms with van der Waals surface area (Å²) in [6.45, 7) is 3.53. The summed E-state index contributed by atoms with van der Waals surface area (Å²) in [5, 5.41) is 2.22. The molecule has 0 spiro atoms. The second kappa shape index (κ2) is 6.04. The van der Waals surface area contributed by atoms with Crippen LogP contribution in [0.2, 0.25) is 0 Å². The number of nitrogens with two attached hydrogens (primary N) is 1. The van der Waals surface area contributed by atoms with Gasteiger partial charge in [-0.15, -0.1) is 0 Å². The average Bonchev–Trinajstić information content (AvgIpc) is 2.43. The van der Waals surface area contributed by atoms with Gasteiger partial charge in [0.25, 0.3) is 0 Å². The molecule has 1 aromatic carbocycles. The number of hydrogen-bond acceptors (Lipinski definition) is 4. The van der Waals surface area contributed by atoms with Crippen LogP contribution in [0.25, 0.3) is 11.0 Å². The average molecular weight is 328 g/mol. The number of carbonyl (C=O) groups is 1. The van der Waals surface area contributed by atoms with Crippen molar-refractivity contribution in [2.75, 3.05) is 5.32 Å². The number of hydrogen-bond donors (Lipinski definition) is 2. The standard InChI is InChI=1S/C15H15F3N2O3/c1-7(2)13(19)14(22)20-8-3-4-9-10(15(16,17)18)6-12(21)23-11(9)5-8/h3-7,13H,19H2,1-2H3,(H,20,22)/t13-/m0/s1. The zero-order valence-corrected chi connectivity index (χ0v) is 12.4. The second-order valence-corrected chi connectivity index (χ2v) is 5.45. The van der Waals surface area contributed by atoms with Crippen molar-refractivity contribution in [3.05, 3.63) is 40.2 Å². The first kappa shape index (κ1) is 17.0. The van der Waals surface area contributed by atoms with Gasteiger partial charge in [-0.1, -0.05) is 13.8 Å². The summed E-state index contributed by atoms with van der Waals surface area (Å²) >= 11 is 0. The highest BCUT2D eigenvalue weighted by Gasteiger charge is 2.33. The summed E-state index contributed by atoms with van der Waals surface area (Å²) in [4.78, 5) is 23.2. The normalized spacial score (nSPS) is 13.3. The molecule has 0 unspecified atom stereocenters. The van der Waals surface area contributed by atoms with Gasteiger partial charge in [-0.05, 0) is 18.1 Å². The Morgan fingerprint density at radius 2 is 1.91 bits per heavy atom. The molecule has 5 nitrogen and oxygen atoms in total. The predicted octanol–water partition coefficient (Wildman–Crippen LogP) is 2.73. The molecule has 0 aliphatic carbocycles. The molecule has 3 N–H and O–H groups in total. The van der Waals surface area contributed by atoms with E-state index in [-0.39, 0.29) is 22.6 Å². The minimum Gasteiger partial charge on any atom is -0.423 e. The quantitative estimate of drug-likeness (QED) is 0.848. The first-order chi connectivity index (χ1) is 10.6. The second-order valence-electron chi connectivity index (χ2n) is 5.45. The molecular weight excluding hydrogens is 313 g/mol. The summed E-state index contributed by atoms with van der Waals surface area (Å²) < 4.78 is 43.6. The van der Waals surface area contributed by atoms with Crippen molar-refractivity contribution in [2.24, 2.45) is 11.7 Å². The summed E-state index contributed by atoms with van der Waals surface area (Å²) in [6.07, 6.45) is -4.68. The number of carbonyl (C=O) groups excluding carboxylic acids is 1. The number of rotatable bonds is 3. The molecule has 0 aliphatic heterocycles. The third-order valence-corrected chi connectivity index (χ3v) is 3.34. The summed E-state index contributed by atoms with van der Waals surface area (Å²) in [7, 11) is 0. The molecular formula is C15H15F3N2O3. The lowest BCUT2D eigenvalue weighted by atomic mass is 10.0. The molecule has 2 aromatic rings. The Bertz CT molecular complexity index is 797. The van der Waals surface area contributed by atoms with Gasteiger partial charge < -0.3 is 15.5 Å². The van der Waals surface area contributed by atoms with Crippen molar-refractivity contribution < 1.29 is 22.4 Å². The molecule has 1 atom stereocenters. The van der Waals surface area contributed by atoms with Gasteiger partial charge in [0.15, 0.2) is 0 Å². The summed E-state index contributed by atoms with van der Waals surface area (Å²) in [5.74, 6) is -0.584. The molecule has 0 fully saturated rings. The minimum absolute atomic E-state index is 0.106. The van der Waals surface area contributed by atoms with Crippen molar-refractivity contribution in [3.8, 4) is 0 Å². The highest BCUT2D eigenvalue weighted by atomic mass is 19.4. The molecule has 8 heteroatoms. The van der Waals surface area contributed by atoms with Crippen LogP contribution in [0, 0.1) is 5.92 Å². The topological polar surface area (TPSA) is 85.3 Å². The molecule has 1 aromatic heterocycles. The van der Waals surface area contributed by atoms with E-state index < -0.39 is 29.3 Å². The fourth-order valence-electron chi connectivity index (χ4n) is 2.00. The van der Waals surface area contributed by atoms with Crippen molar-refractivity contribution >= 4 is 22.6 Å². The van der Waals surface area contributed by atoms with Gasteiger partial charge in [-0.3, -0.25) is 4.79 Å². The number of benzene rings is 1. The van der Waals surface area contributed by atoms with E-state index >= 15 is 0 Å². The van der Waals surface area contributed by atoms with Crippen LogP contribution in [0.4, 0.5) is 18.9 Å². The number of halogens is 3. The highest BCUT2D eigenvalue weighted by molar-refractivity contribution is 5.96. The van der Waals surface area contributed by atoms with E-state index in [9.17, 15) is 22.8 Å². The maximum Gasteiger partial charge on any atom is 0.417 e. The minimum atomic E-state index is -4.68. The van der Waals surface area contributed by atoms with E-state index in [1.807, 2.05) is 0 Å².